The third-order valence-corrected chi connectivity index (χ3v) is 5.41. The van der Waals surface area contributed by atoms with Crippen LogP contribution in [0.2, 0.25) is 0 Å². The highest BCUT2D eigenvalue weighted by atomic mass is 16.5. The Morgan fingerprint density at radius 1 is 0.903 bits per heavy atom. The highest BCUT2D eigenvalue weighted by Crippen LogP contribution is 2.32. The fourth-order valence-corrected chi connectivity index (χ4v) is 3.72. The molecule has 2 saturated heterocycles. The van der Waals surface area contributed by atoms with Crippen molar-refractivity contribution in [3.63, 3.8) is 0 Å². The van der Waals surface area contributed by atoms with Gasteiger partial charge in [0.2, 0.25) is 0 Å². The molecule has 0 aliphatic carbocycles. The standard InChI is InChI=1S/C23H29N3O5/c1-28-19-3-5-20(6-4-19)31-17-23(27)24-21-7-2-18(25-8-12-29-13-9-25)16-22(21)26-10-14-30-15-11-26/h2-7,16H,8-15,17H2,1H3,(H,24,27). The molecule has 0 atom stereocenters. The molecule has 8 nitrogen and oxygen atoms in total. The quantitative estimate of drug-likeness (QED) is 0.727. The second kappa shape index (κ2) is 10.4. The first kappa shape index (κ1) is 21.3. The van der Waals surface area contributed by atoms with E-state index in [0.717, 1.165) is 62.2 Å². The van der Waals surface area contributed by atoms with E-state index in [-0.39, 0.29) is 12.5 Å². The summed E-state index contributed by atoms with van der Waals surface area (Å²) < 4.78 is 21.7. The third kappa shape index (κ3) is 5.59. The summed E-state index contributed by atoms with van der Waals surface area (Å²) in [5.74, 6) is 1.16. The molecule has 0 unspecified atom stereocenters. The lowest BCUT2D eigenvalue weighted by Crippen LogP contribution is -2.38. The Morgan fingerprint density at radius 2 is 1.52 bits per heavy atom. The predicted octanol–water partition coefficient (Wildman–Crippen LogP) is 2.39. The number of nitrogens with zero attached hydrogens (tertiary/aromatic N) is 2. The molecule has 2 fully saturated rings. The lowest BCUT2D eigenvalue weighted by atomic mass is 10.1. The van der Waals surface area contributed by atoms with Crippen molar-refractivity contribution < 1.29 is 23.7 Å². The van der Waals surface area contributed by atoms with Crippen LogP contribution in [0.3, 0.4) is 0 Å². The number of methoxy groups -OCH3 is 1. The van der Waals surface area contributed by atoms with Gasteiger partial charge in [-0.3, -0.25) is 4.79 Å². The molecule has 1 N–H and O–H groups in total. The van der Waals surface area contributed by atoms with Gasteiger partial charge in [0.25, 0.3) is 5.91 Å². The summed E-state index contributed by atoms with van der Waals surface area (Å²) in [6.45, 7) is 6.05. The summed E-state index contributed by atoms with van der Waals surface area (Å²) >= 11 is 0. The van der Waals surface area contributed by atoms with Gasteiger partial charge in [-0.2, -0.15) is 0 Å². The Hall–Kier alpha value is -2.97. The number of anilines is 3. The maximum atomic E-state index is 12.6. The predicted molar refractivity (Wildman–Crippen MR) is 120 cm³/mol. The summed E-state index contributed by atoms with van der Waals surface area (Å²) in [7, 11) is 1.61. The maximum Gasteiger partial charge on any atom is 0.262 e. The second-order valence-corrected chi connectivity index (χ2v) is 7.41. The van der Waals surface area contributed by atoms with Crippen molar-refractivity contribution in [3.8, 4) is 11.5 Å². The van der Waals surface area contributed by atoms with Crippen molar-refractivity contribution in [2.75, 3.05) is 81.4 Å². The van der Waals surface area contributed by atoms with Gasteiger partial charge >= 0.3 is 0 Å². The number of ether oxygens (including phenoxy) is 4. The Balaban J connectivity index is 1.45. The molecule has 2 aromatic carbocycles. The summed E-state index contributed by atoms with van der Waals surface area (Å²) in [5.41, 5.74) is 2.92. The molecule has 2 aromatic rings. The van der Waals surface area contributed by atoms with Crippen LogP contribution < -0.4 is 24.6 Å². The molecule has 0 radical (unpaired) electrons. The molecule has 2 heterocycles. The average molecular weight is 428 g/mol. The molecule has 2 aliphatic heterocycles. The molecular formula is C23H29N3O5. The van der Waals surface area contributed by atoms with E-state index in [1.165, 1.54) is 0 Å². The molecule has 166 valence electrons. The number of carbonyl (C=O) groups excluding carboxylic acids is 1. The fraction of sp³-hybridized carbons (Fsp3) is 0.435. The highest BCUT2D eigenvalue weighted by molar-refractivity contribution is 5.96. The van der Waals surface area contributed by atoms with E-state index in [0.29, 0.717) is 19.0 Å². The van der Waals surface area contributed by atoms with Crippen LogP contribution in [0.1, 0.15) is 0 Å². The van der Waals surface area contributed by atoms with Crippen LogP contribution >= 0.6 is 0 Å². The summed E-state index contributed by atoms with van der Waals surface area (Å²) in [4.78, 5) is 17.2. The topological polar surface area (TPSA) is 72.5 Å². The first-order valence-corrected chi connectivity index (χ1v) is 10.6. The SMILES string of the molecule is COc1ccc(OCC(=O)Nc2ccc(N3CCOCC3)cc2N2CCOCC2)cc1. The number of carbonyl (C=O) groups is 1. The number of nitrogens with one attached hydrogen (secondary N) is 1. The number of rotatable bonds is 7. The first-order chi connectivity index (χ1) is 15.2. The average Bonchev–Trinajstić information content (AvgIpc) is 2.84. The Morgan fingerprint density at radius 3 is 2.16 bits per heavy atom. The van der Waals surface area contributed by atoms with Gasteiger partial charge in [0.15, 0.2) is 6.61 Å². The monoisotopic (exact) mass is 427 g/mol. The lowest BCUT2D eigenvalue weighted by molar-refractivity contribution is -0.118. The minimum atomic E-state index is -0.204. The number of benzene rings is 2. The zero-order valence-corrected chi connectivity index (χ0v) is 17.8. The van der Waals surface area contributed by atoms with Crippen molar-refractivity contribution >= 4 is 23.0 Å². The van der Waals surface area contributed by atoms with Crippen LogP contribution in [0.15, 0.2) is 42.5 Å². The van der Waals surface area contributed by atoms with E-state index < -0.39 is 0 Å². The van der Waals surface area contributed by atoms with Crippen LogP contribution in [-0.4, -0.2) is 72.2 Å². The van der Waals surface area contributed by atoms with Gasteiger partial charge < -0.3 is 34.1 Å². The highest BCUT2D eigenvalue weighted by Gasteiger charge is 2.19. The smallest absolute Gasteiger partial charge is 0.262 e. The number of morpholine rings is 2. The van der Waals surface area contributed by atoms with Crippen molar-refractivity contribution in [2.24, 2.45) is 0 Å². The van der Waals surface area contributed by atoms with Crippen LogP contribution in [-0.2, 0) is 14.3 Å². The van der Waals surface area contributed by atoms with Crippen molar-refractivity contribution in [3.05, 3.63) is 42.5 Å². The molecule has 4 rings (SSSR count). The molecule has 0 aromatic heterocycles. The number of hydrogen-bond acceptors (Lipinski definition) is 7. The molecule has 0 saturated carbocycles. The van der Waals surface area contributed by atoms with Crippen LogP contribution in [0, 0.1) is 0 Å². The Kier molecular flexibility index (Phi) is 7.11. The van der Waals surface area contributed by atoms with Crippen LogP contribution in [0.25, 0.3) is 0 Å². The van der Waals surface area contributed by atoms with Crippen LogP contribution in [0.5, 0.6) is 11.5 Å². The first-order valence-electron chi connectivity index (χ1n) is 10.6. The largest absolute Gasteiger partial charge is 0.497 e. The molecule has 1 amide bonds. The fourth-order valence-electron chi connectivity index (χ4n) is 3.72. The van der Waals surface area contributed by atoms with Gasteiger partial charge in [0.1, 0.15) is 11.5 Å². The molecule has 2 aliphatic rings. The number of amides is 1. The van der Waals surface area contributed by atoms with Crippen molar-refractivity contribution in [2.45, 2.75) is 0 Å². The van der Waals surface area contributed by atoms with Gasteiger partial charge in [-0.25, -0.2) is 0 Å². The molecule has 8 heteroatoms. The van der Waals surface area contributed by atoms with E-state index in [9.17, 15) is 4.79 Å². The van der Waals surface area contributed by atoms with E-state index in [1.807, 2.05) is 6.07 Å². The molecular weight excluding hydrogens is 398 g/mol. The van der Waals surface area contributed by atoms with Gasteiger partial charge in [-0.15, -0.1) is 0 Å². The van der Waals surface area contributed by atoms with E-state index in [2.05, 4.69) is 27.2 Å². The second-order valence-electron chi connectivity index (χ2n) is 7.41. The summed E-state index contributed by atoms with van der Waals surface area (Å²) in [6.07, 6.45) is 0. The van der Waals surface area contributed by atoms with Gasteiger partial charge in [-0.05, 0) is 42.5 Å². The van der Waals surface area contributed by atoms with Crippen LogP contribution in [0.4, 0.5) is 17.1 Å². The van der Waals surface area contributed by atoms with Crippen molar-refractivity contribution in [1.29, 1.82) is 0 Å². The Labute approximate surface area is 182 Å². The zero-order chi connectivity index (χ0) is 21.5. The minimum Gasteiger partial charge on any atom is -0.497 e. The maximum absolute atomic E-state index is 12.6. The third-order valence-electron chi connectivity index (χ3n) is 5.41. The molecule has 0 bridgehead atoms. The summed E-state index contributed by atoms with van der Waals surface area (Å²) in [5, 5.41) is 3.02. The zero-order valence-electron chi connectivity index (χ0n) is 17.8. The van der Waals surface area contributed by atoms with E-state index >= 15 is 0 Å². The lowest BCUT2D eigenvalue weighted by Gasteiger charge is -2.33. The van der Waals surface area contributed by atoms with Crippen molar-refractivity contribution in [1.82, 2.24) is 0 Å². The van der Waals surface area contributed by atoms with Gasteiger partial charge in [0.05, 0.1) is 44.9 Å². The van der Waals surface area contributed by atoms with Gasteiger partial charge in [-0.1, -0.05) is 0 Å². The molecule has 31 heavy (non-hydrogen) atoms. The molecule has 0 spiro atoms. The van der Waals surface area contributed by atoms with E-state index in [1.54, 1.807) is 31.4 Å². The van der Waals surface area contributed by atoms with Gasteiger partial charge in [0, 0.05) is 31.9 Å². The van der Waals surface area contributed by atoms with E-state index in [4.69, 9.17) is 18.9 Å². The Bertz CT molecular complexity index is 862. The minimum absolute atomic E-state index is 0.0694. The summed E-state index contributed by atoms with van der Waals surface area (Å²) in [6, 6.07) is 13.3. The number of hydrogen-bond donors (Lipinski definition) is 1. The normalized spacial score (nSPS) is 16.7.